The minimum atomic E-state index is -0.106. The van der Waals surface area contributed by atoms with Crippen LogP contribution in [0, 0.1) is 0 Å². The highest BCUT2D eigenvalue weighted by Crippen LogP contribution is 2.30. The Labute approximate surface area is 178 Å². The van der Waals surface area contributed by atoms with E-state index in [0.29, 0.717) is 24.3 Å². The van der Waals surface area contributed by atoms with Crippen LogP contribution in [0.1, 0.15) is 11.4 Å². The third kappa shape index (κ3) is 4.08. The first-order chi connectivity index (χ1) is 14.6. The number of methoxy groups -OCH3 is 2. The summed E-state index contributed by atoms with van der Waals surface area (Å²) in [6.07, 6.45) is 0. The number of fused-ring (bicyclic) bond motifs is 1. The molecular weight excluding hydrogens is 398 g/mol. The number of benzene rings is 2. The molecule has 0 aliphatic heterocycles. The van der Waals surface area contributed by atoms with Crippen molar-refractivity contribution < 1.29 is 9.47 Å². The van der Waals surface area contributed by atoms with Gasteiger partial charge in [-0.1, -0.05) is 36.4 Å². The van der Waals surface area contributed by atoms with Crippen LogP contribution in [0.4, 0.5) is 0 Å². The van der Waals surface area contributed by atoms with Crippen LogP contribution in [0.15, 0.2) is 58.7 Å². The number of hydrogen-bond acceptors (Lipinski definition) is 6. The minimum absolute atomic E-state index is 0.106. The van der Waals surface area contributed by atoms with Gasteiger partial charge in [0.15, 0.2) is 0 Å². The predicted molar refractivity (Wildman–Crippen MR) is 120 cm³/mol. The predicted octanol–water partition coefficient (Wildman–Crippen LogP) is 4.30. The monoisotopic (exact) mass is 421 g/mol. The second-order valence-electron chi connectivity index (χ2n) is 7.06. The summed E-state index contributed by atoms with van der Waals surface area (Å²) >= 11 is 1.49. The molecule has 0 atom stereocenters. The maximum Gasteiger partial charge on any atom is 0.260 e. The molecule has 0 saturated heterocycles. The van der Waals surface area contributed by atoms with Crippen molar-refractivity contribution in [2.24, 2.45) is 0 Å². The van der Waals surface area contributed by atoms with E-state index < -0.39 is 0 Å². The number of hydrogen-bond donors (Lipinski definition) is 1. The van der Waals surface area contributed by atoms with Crippen molar-refractivity contribution in [1.82, 2.24) is 14.9 Å². The molecule has 0 saturated carbocycles. The summed E-state index contributed by atoms with van der Waals surface area (Å²) in [6, 6.07) is 15.7. The molecule has 2 heterocycles. The van der Waals surface area contributed by atoms with Crippen molar-refractivity contribution in [3.05, 3.63) is 75.7 Å². The van der Waals surface area contributed by atoms with E-state index in [9.17, 15) is 4.79 Å². The van der Waals surface area contributed by atoms with Gasteiger partial charge in [0.25, 0.3) is 5.56 Å². The topological polar surface area (TPSA) is 67.5 Å². The second kappa shape index (κ2) is 8.69. The zero-order valence-electron chi connectivity index (χ0n) is 17.1. The molecule has 0 fully saturated rings. The lowest BCUT2D eigenvalue weighted by molar-refractivity contribution is 0.302. The summed E-state index contributed by atoms with van der Waals surface area (Å²) in [5.74, 6) is 2.16. The fourth-order valence-electron chi connectivity index (χ4n) is 3.48. The normalized spacial score (nSPS) is 11.2. The van der Waals surface area contributed by atoms with Crippen molar-refractivity contribution >= 4 is 21.6 Å². The van der Waals surface area contributed by atoms with Crippen LogP contribution in [0.2, 0.25) is 0 Å². The van der Waals surface area contributed by atoms with E-state index >= 15 is 0 Å². The lowest BCUT2D eigenvalue weighted by Crippen LogP contribution is -2.22. The molecule has 0 bridgehead atoms. The molecule has 154 valence electrons. The molecule has 6 nitrogen and oxygen atoms in total. The smallest absolute Gasteiger partial charge is 0.260 e. The number of thiophene rings is 1. The summed E-state index contributed by atoms with van der Waals surface area (Å²) in [5, 5.41) is 2.65. The van der Waals surface area contributed by atoms with Crippen LogP contribution < -0.4 is 15.0 Å². The highest BCUT2D eigenvalue weighted by atomic mass is 32.1. The van der Waals surface area contributed by atoms with E-state index in [0.717, 1.165) is 33.0 Å². The summed E-state index contributed by atoms with van der Waals surface area (Å²) in [4.78, 5) is 23.3. The van der Waals surface area contributed by atoms with E-state index in [1.807, 2.05) is 61.0 Å². The molecule has 4 aromatic rings. The molecule has 0 radical (unpaired) electrons. The van der Waals surface area contributed by atoms with Gasteiger partial charge in [-0.25, -0.2) is 4.98 Å². The Kier molecular flexibility index (Phi) is 5.83. The molecule has 0 aliphatic carbocycles. The third-order valence-corrected chi connectivity index (χ3v) is 5.80. The second-order valence-corrected chi connectivity index (χ2v) is 7.92. The SMILES string of the molecule is COc1ccc(CN(C)Cc2nc3scc(-c4ccccc4)c3c(=O)[nH]2)c(OC)c1. The Morgan fingerprint density at radius 3 is 2.60 bits per heavy atom. The molecule has 0 spiro atoms. The maximum atomic E-state index is 12.8. The van der Waals surface area contributed by atoms with E-state index in [1.165, 1.54) is 11.3 Å². The molecule has 1 N–H and O–H groups in total. The Balaban J connectivity index is 1.57. The molecule has 7 heteroatoms. The highest BCUT2D eigenvalue weighted by Gasteiger charge is 2.14. The maximum absolute atomic E-state index is 12.8. The van der Waals surface area contributed by atoms with Crippen molar-refractivity contribution in [2.75, 3.05) is 21.3 Å². The van der Waals surface area contributed by atoms with E-state index in [1.54, 1.807) is 14.2 Å². The van der Waals surface area contributed by atoms with Gasteiger partial charge in [0.2, 0.25) is 0 Å². The Hall–Kier alpha value is -3.16. The van der Waals surface area contributed by atoms with Crippen molar-refractivity contribution in [2.45, 2.75) is 13.1 Å². The van der Waals surface area contributed by atoms with Gasteiger partial charge < -0.3 is 14.5 Å². The molecule has 2 aromatic heterocycles. The summed E-state index contributed by atoms with van der Waals surface area (Å²) < 4.78 is 10.7. The quantitative estimate of drug-likeness (QED) is 0.482. The zero-order chi connectivity index (χ0) is 21.1. The Morgan fingerprint density at radius 2 is 1.87 bits per heavy atom. The van der Waals surface area contributed by atoms with Crippen LogP contribution >= 0.6 is 11.3 Å². The molecular formula is C23H23N3O3S. The Morgan fingerprint density at radius 1 is 1.07 bits per heavy atom. The molecule has 0 aliphatic rings. The van der Waals surface area contributed by atoms with Crippen LogP contribution in [0.5, 0.6) is 11.5 Å². The summed E-state index contributed by atoms with van der Waals surface area (Å²) in [6.45, 7) is 1.16. The number of ether oxygens (including phenoxy) is 2. The molecule has 30 heavy (non-hydrogen) atoms. The van der Waals surface area contributed by atoms with Gasteiger partial charge in [0.1, 0.15) is 22.2 Å². The van der Waals surface area contributed by atoms with Gasteiger partial charge in [0, 0.05) is 29.1 Å². The number of rotatable bonds is 7. The summed E-state index contributed by atoms with van der Waals surface area (Å²) in [5.41, 5.74) is 2.87. The van der Waals surface area contributed by atoms with Crippen molar-refractivity contribution in [3.63, 3.8) is 0 Å². The van der Waals surface area contributed by atoms with E-state index in [2.05, 4.69) is 9.88 Å². The van der Waals surface area contributed by atoms with Crippen LogP contribution in [0.3, 0.4) is 0 Å². The fraction of sp³-hybridized carbons (Fsp3) is 0.217. The van der Waals surface area contributed by atoms with Crippen LogP contribution in [-0.2, 0) is 13.1 Å². The molecule has 0 amide bonds. The average molecular weight is 422 g/mol. The minimum Gasteiger partial charge on any atom is -0.497 e. The van der Waals surface area contributed by atoms with Gasteiger partial charge in [0.05, 0.1) is 26.2 Å². The lowest BCUT2D eigenvalue weighted by atomic mass is 10.1. The van der Waals surface area contributed by atoms with Gasteiger partial charge in [-0.15, -0.1) is 11.3 Å². The van der Waals surface area contributed by atoms with Crippen molar-refractivity contribution in [3.8, 4) is 22.6 Å². The van der Waals surface area contributed by atoms with E-state index in [4.69, 9.17) is 14.5 Å². The number of nitrogens with one attached hydrogen (secondary N) is 1. The van der Waals surface area contributed by atoms with Gasteiger partial charge >= 0.3 is 0 Å². The first kappa shape index (κ1) is 20.1. The number of aromatic nitrogens is 2. The standard InChI is InChI=1S/C23H23N3O3S/c1-26(12-16-9-10-17(28-2)11-19(16)29-3)13-20-24-22(27)21-18(14-30-23(21)25-20)15-7-5-4-6-8-15/h4-11,14H,12-13H2,1-3H3,(H,24,25,27). The number of H-pyrrole nitrogens is 1. The fourth-order valence-corrected chi connectivity index (χ4v) is 4.45. The van der Waals surface area contributed by atoms with Gasteiger partial charge in [-0.2, -0.15) is 0 Å². The molecule has 4 rings (SSSR count). The highest BCUT2D eigenvalue weighted by molar-refractivity contribution is 7.17. The molecule has 2 aromatic carbocycles. The first-order valence-electron chi connectivity index (χ1n) is 9.54. The average Bonchev–Trinajstić information content (AvgIpc) is 3.19. The Bertz CT molecular complexity index is 1220. The van der Waals surface area contributed by atoms with Gasteiger partial charge in [-0.3, -0.25) is 9.69 Å². The third-order valence-electron chi connectivity index (χ3n) is 4.93. The largest absolute Gasteiger partial charge is 0.497 e. The van der Waals surface area contributed by atoms with Crippen LogP contribution in [-0.4, -0.2) is 36.1 Å². The van der Waals surface area contributed by atoms with E-state index in [-0.39, 0.29) is 5.56 Å². The van der Waals surface area contributed by atoms with Crippen LogP contribution in [0.25, 0.3) is 21.3 Å². The zero-order valence-corrected chi connectivity index (χ0v) is 18.0. The lowest BCUT2D eigenvalue weighted by Gasteiger charge is -2.18. The summed E-state index contributed by atoms with van der Waals surface area (Å²) in [7, 11) is 5.26. The van der Waals surface area contributed by atoms with Crippen molar-refractivity contribution in [1.29, 1.82) is 0 Å². The number of aromatic amines is 1. The number of nitrogens with zero attached hydrogens (tertiary/aromatic N) is 2. The molecule has 0 unspecified atom stereocenters. The first-order valence-corrected chi connectivity index (χ1v) is 10.4. The van der Waals surface area contributed by atoms with Gasteiger partial charge in [-0.05, 0) is 18.7 Å².